The number of rotatable bonds is 3. The van der Waals surface area contributed by atoms with E-state index in [-0.39, 0.29) is 5.56 Å². The molecule has 100 valence electrons. The zero-order chi connectivity index (χ0) is 14.1. The molecule has 0 radical (unpaired) electrons. The van der Waals surface area contributed by atoms with Gasteiger partial charge in [0.15, 0.2) is 5.76 Å². The fourth-order valence-electron chi connectivity index (χ4n) is 1.78. The first-order valence-corrected chi connectivity index (χ1v) is 6.72. The summed E-state index contributed by atoms with van der Waals surface area (Å²) in [7, 11) is 0. The van der Waals surface area contributed by atoms with Crippen molar-refractivity contribution in [3.63, 3.8) is 0 Å². The largest absolute Gasteiger partial charge is 0.478 e. The van der Waals surface area contributed by atoms with Gasteiger partial charge in [-0.25, -0.2) is 9.78 Å². The third-order valence-electron chi connectivity index (χ3n) is 2.87. The maximum Gasteiger partial charge on any atom is 0.338 e. The number of furan rings is 1. The lowest BCUT2D eigenvalue weighted by Crippen LogP contribution is -1.91. The Hall–Kier alpha value is -2.47. The highest BCUT2D eigenvalue weighted by Crippen LogP contribution is 2.30. The number of carboxylic acid groups (broad SMARTS) is 1. The second-order valence-corrected chi connectivity index (χ2v) is 5.09. The van der Waals surface area contributed by atoms with E-state index in [1.807, 2.05) is 18.4 Å². The van der Waals surface area contributed by atoms with Crippen molar-refractivity contribution in [1.82, 2.24) is 9.97 Å². The van der Waals surface area contributed by atoms with E-state index in [1.54, 1.807) is 12.4 Å². The van der Waals surface area contributed by atoms with Gasteiger partial charge in [-0.2, -0.15) is 0 Å². The van der Waals surface area contributed by atoms with Crippen molar-refractivity contribution >= 4 is 17.3 Å². The SMILES string of the molecule is Cc1ccncc1-c1nc(-c2cc(C(=O)O)co2)cs1. The van der Waals surface area contributed by atoms with Gasteiger partial charge in [0.05, 0.1) is 5.56 Å². The summed E-state index contributed by atoms with van der Waals surface area (Å²) in [6, 6.07) is 3.39. The van der Waals surface area contributed by atoms with Crippen LogP contribution in [0.1, 0.15) is 15.9 Å². The average Bonchev–Trinajstić information content (AvgIpc) is 3.08. The molecule has 0 bridgehead atoms. The summed E-state index contributed by atoms with van der Waals surface area (Å²) in [6.07, 6.45) is 4.72. The average molecular weight is 286 g/mol. The van der Waals surface area contributed by atoms with Crippen molar-refractivity contribution in [2.45, 2.75) is 6.92 Å². The molecule has 0 aliphatic carbocycles. The molecule has 5 nitrogen and oxygen atoms in total. The minimum atomic E-state index is -1.02. The first-order chi connectivity index (χ1) is 9.65. The number of nitrogens with zero attached hydrogens (tertiary/aromatic N) is 2. The van der Waals surface area contributed by atoms with Crippen molar-refractivity contribution in [1.29, 1.82) is 0 Å². The van der Waals surface area contributed by atoms with Crippen LogP contribution < -0.4 is 0 Å². The molecule has 3 aromatic rings. The molecule has 0 unspecified atom stereocenters. The molecule has 3 aromatic heterocycles. The Kier molecular flexibility index (Phi) is 3.08. The molecule has 0 aromatic carbocycles. The van der Waals surface area contributed by atoms with Crippen molar-refractivity contribution in [2.24, 2.45) is 0 Å². The van der Waals surface area contributed by atoms with E-state index in [1.165, 1.54) is 23.7 Å². The molecule has 6 heteroatoms. The van der Waals surface area contributed by atoms with Crippen LogP contribution in [0.4, 0.5) is 0 Å². The van der Waals surface area contributed by atoms with Crippen LogP contribution in [0.2, 0.25) is 0 Å². The van der Waals surface area contributed by atoms with Crippen molar-refractivity contribution in [2.75, 3.05) is 0 Å². The van der Waals surface area contributed by atoms with Crippen LogP contribution in [0.15, 0.2) is 40.6 Å². The third kappa shape index (κ3) is 2.21. The zero-order valence-electron chi connectivity index (χ0n) is 10.5. The number of thiazole rings is 1. The van der Waals surface area contributed by atoms with Gasteiger partial charge in [-0.1, -0.05) is 0 Å². The number of aryl methyl sites for hydroxylation is 1. The molecular weight excluding hydrogens is 276 g/mol. The number of pyridine rings is 1. The van der Waals surface area contributed by atoms with Gasteiger partial charge in [0.1, 0.15) is 17.0 Å². The van der Waals surface area contributed by atoms with E-state index in [2.05, 4.69) is 9.97 Å². The van der Waals surface area contributed by atoms with Crippen molar-refractivity contribution in [3.05, 3.63) is 47.3 Å². The minimum Gasteiger partial charge on any atom is -0.478 e. The topological polar surface area (TPSA) is 76.2 Å². The van der Waals surface area contributed by atoms with E-state index in [0.717, 1.165) is 16.1 Å². The molecule has 3 heterocycles. The second kappa shape index (κ2) is 4.90. The second-order valence-electron chi connectivity index (χ2n) is 4.23. The van der Waals surface area contributed by atoms with Gasteiger partial charge in [0, 0.05) is 29.4 Å². The summed E-state index contributed by atoms with van der Waals surface area (Å²) in [5.41, 5.74) is 2.80. The Morgan fingerprint density at radius 3 is 3.00 bits per heavy atom. The number of aromatic carboxylic acids is 1. The smallest absolute Gasteiger partial charge is 0.338 e. The zero-order valence-corrected chi connectivity index (χ0v) is 11.3. The third-order valence-corrected chi connectivity index (χ3v) is 3.75. The van der Waals surface area contributed by atoms with E-state index < -0.39 is 5.97 Å². The van der Waals surface area contributed by atoms with E-state index >= 15 is 0 Å². The molecule has 0 saturated heterocycles. The van der Waals surface area contributed by atoms with E-state index in [0.29, 0.717) is 11.5 Å². The highest BCUT2D eigenvalue weighted by molar-refractivity contribution is 7.13. The van der Waals surface area contributed by atoms with Gasteiger partial charge in [0.25, 0.3) is 0 Å². The van der Waals surface area contributed by atoms with Gasteiger partial charge < -0.3 is 9.52 Å². The van der Waals surface area contributed by atoms with Crippen LogP contribution in [0.25, 0.3) is 22.0 Å². The van der Waals surface area contributed by atoms with Crippen molar-refractivity contribution in [3.8, 4) is 22.0 Å². The number of hydrogen-bond acceptors (Lipinski definition) is 5. The monoisotopic (exact) mass is 286 g/mol. The Balaban J connectivity index is 1.98. The molecule has 0 fully saturated rings. The fourth-order valence-corrected chi connectivity index (χ4v) is 2.67. The Bertz CT molecular complexity index is 776. The lowest BCUT2D eigenvalue weighted by atomic mass is 10.2. The summed E-state index contributed by atoms with van der Waals surface area (Å²) in [6.45, 7) is 1.99. The number of aromatic nitrogens is 2. The molecule has 3 rings (SSSR count). The molecular formula is C14H10N2O3S. The summed E-state index contributed by atoms with van der Waals surface area (Å²) in [5.74, 6) is -0.565. The molecule has 20 heavy (non-hydrogen) atoms. The van der Waals surface area contributed by atoms with Gasteiger partial charge in [-0.15, -0.1) is 11.3 Å². The highest BCUT2D eigenvalue weighted by Gasteiger charge is 2.14. The molecule has 0 atom stereocenters. The van der Waals surface area contributed by atoms with Gasteiger partial charge in [-0.3, -0.25) is 4.98 Å². The molecule has 0 aliphatic heterocycles. The Morgan fingerprint density at radius 2 is 2.30 bits per heavy atom. The molecule has 0 amide bonds. The van der Waals surface area contributed by atoms with Gasteiger partial charge in [0.2, 0.25) is 0 Å². The minimum absolute atomic E-state index is 0.118. The quantitative estimate of drug-likeness (QED) is 0.797. The summed E-state index contributed by atoms with van der Waals surface area (Å²) in [5, 5.41) is 11.6. The number of hydrogen-bond donors (Lipinski definition) is 1. The van der Waals surface area contributed by atoms with E-state index in [9.17, 15) is 4.79 Å². The van der Waals surface area contributed by atoms with Crippen molar-refractivity contribution < 1.29 is 14.3 Å². The first kappa shape index (κ1) is 12.6. The highest BCUT2D eigenvalue weighted by atomic mass is 32.1. The maximum absolute atomic E-state index is 10.8. The summed E-state index contributed by atoms with van der Waals surface area (Å²) in [4.78, 5) is 19.4. The van der Waals surface area contributed by atoms with Crippen LogP contribution >= 0.6 is 11.3 Å². The number of carbonyl (C=O) groups is 1. The standard InChI is InChI=1S/C14H10N2O3S/c1-8-2-3-15-5-10(8)13-16-11(7-20-13)12-4-9(6-19-12)14(17)18/h2-7H,1H3,(H,17,18). The Morgan fingerprint density at radius 1 is 1.45 bits per heavy atom. The van der Waals surface area contributed by atoms with Crippen LogP contribution in [0.3, 0.4) is 0 Å². The predicted octanol–water partition coefficient (Wildman–Crippen LogP) is 3.47. The van der Waals surface area contributed by atoms with Gasteiger partial charge in [-0.05, 0) is 18.6 Å². The lowest BCUT2D eigenvalue weighted by molar-refractivity contribution is 0.0696. The lowest BCUT2D eigenvalue weighted by Gasteiger charge is -1.99. The van der Waals surface area contributed by atoms with Gasteiger partial charge >= 0.3 is 5.97 Å². The van der Waals surface area contributed by atoms with Crippen LogP contribution in [-0.4, -0.2) is 21.0 Å². The predicted molar refractivity (Wildman–Crippen MR) is 74.7 cm³/mol. The molecule has 0 spiro atoms. The first-order valence-electron chi connectivity index (χ1n) is 5.84. The molecule has 0 saturated carbocycles. The van der Waals surface area contributed by atoms with Crippen LogP contribution in [0, 0.1) is 6.92 Å². The molecule has 0 aliphatic rings. The summed E-state index contributed by atoms with van der Waals surface area (Å²) < 4.78 is 5.24. The number of carboxylic acids is 1. The van der Waals surface area contributed by atoms with E-state index in [4.69, 9.17) is 9.52 Å². The van der Waals surface area contributed by atoms with Crippen LogP contribution in [-0.2, 0) is 0 Å². The van der Waals surface area contributed by atoms with Crippen LogP contribution in [0.5, 0.6) is 0 Å². The molecule has 1 N–H and O–H groups in total. The normalized spacial score (nSPS) is 10.7. The fraction of sp³-hybridized carbons (Fsp3) is 0.0714. The maximum atomic E-state index is 10.8. The summed E-state index contributed by atoms with van der Waals surface area (Å²) >= 11 is 1.47. The Labute approximate surface area is 118 Å².